The molecule has 1 aromatic carbocycles. The summed E-state index contributed by atoms with van der Waals surface area (Å²) < 4.78 is 15.1. The summed E-state index contributed by atoms with van der Waals surface area (Å²) in [7, 11) is 0. The van der Waals surface area contributed by atoms with E-state index in [4.69, 9.17) is 5.11 Å². The van der Waals surface area contributed by atoms with Crippen LogP contribution in [0, 0.1) is 5.82 Å². The molecule has 2 rings (SSSR count). The Morgan fingerprint density at radius 3 is 2.78 bits per heavy atom. The third kappa shape index (κ3) is 2.25. The molecule has 2 aromatic rings. The molecule has 18 heavy (non-hydrogen) atoms. The smallest absolute Gasteiger partial charge is 0.356 e. The standard InChI is InChI=1S/C13H13FN2O2/c1-2-5-9-8-11(13(17)18)15-16(9)12-7-4-3-6-10(12)14/h3-4,6-8H,2,5H2,1H3,(H,17,18). The van der Waals surface area contributed by atoms with Crippen molar-refractivity contribution >= 4 is 5.97 Å². The van der Waals surface area contributed by atoms with Crippen LogP contribution in [0.4, 0.5) is 4.39 Å². The highest BCUT2D eigenvalue weighted by Crippen LogP contribution is 2.17. The van der Waals surface area contributed by atoms with Crippen molar-refractivity contribution in [2.75, 3.05) is 0 Å². The first kappa shape index (κ1) is 12.3. The first-order valence-corrected chi connectivity index (χ1v) is 5.70. The molecule has 0 saturated carbocycles. The summed E-state index contributed by atoms with van der Waals surface area (Å²) >= 11 is 0. The lowest BCUT2D eigenvalue weighted by atomic mass is 10.2. The molecule has 0 aliphatic rings. The van der Waals surface area contributed by atoms with Crippen LogP contribution in [-0.4, -0.2) is 20.9 Å². The van der Waals surface area contributed by atoms with E-state index in [0.717, 1.165) is 6.42 Å². The molecule has 1 heterocycles. The summed E-state index contributed by atoms with van der Waals surface area (Å²) in [5.41, 5.74) is 0.898. The molecule has 0 unspecified atom stereocenters. The highest BCUT2D eigenvalue weighted by atomic mass is 19.1. The van der Waals surface area contributed by atoms with Gasteiger partial charge in [-0.1, -0.05) is 25.5 Å². The fraction of sp³-hybridized carbons (Fsp3) is 0.231. The fourth-order valence-corrected chi connectivity index (χ4v) is 1.79. The number of carboxylic acids is 1. The maximum absolute atomic E-state index is 13.7. The second-order valence-electron chi connectivity index (χ2n) is 3.94. The summed E-state index contributed by atoms with van der Waals surface area (Å²) in [4.78, 5) is 10.9. The van der Waals surface area contributed by atoms with Crippen molar-refractivity contribution in [1.29, 1.82) is 0 Å². The lowest BCUT2D eigenvalue weighted by Gasteiger charge is -2.07. The summed E-state index contributed by atoms with van der Waals surface area (Å²) in [5, 5.41) is 12.9. The Balaban J connectivity index is 2.55. The molecule has 0 atom stereocenters. The van der Waals surface area contributed by atoms with Gasteiger partial charge in [-0.15, -0.1) is 0 Å². The van der Waals surface area contributed by atoms with Crippen LogP contribution in [0.5, 0.6) is 0 Å². The molecule has 1 aromatic heterocycles. The molecule has 1 N–H and O–H groups in total. The summed E-state index contributed by atoms with van der Waals surface area (Å²) in [5.74, 6) is -1.53. The van der Waals surface area contributed by atoms with Crippen molar-refractivity contribution in [1.82, 2.24) is 9.78 Å². The maximum Gasteiger partial charge on any atom is 0.356 e. The molecular formula is C13H13FN2O2. The van der Waals surface area contributed by atoms with Gasteiger partial charge in [-0.2, -0.15) is 5.10 Å². The molecule has 0 aliphatic heterocycles. The van der Waals surface area contributed by atoms with E-state index in [2.05, 4.69) is 5.10 Å². The molecule has 4 nitrogen and oxygen atoms in total. The number of hydrogen-bond donors (Lipinski definition) is 1. The monoisotopic (exact) mass is 248 g/mol. The number of benzene rings is 1. The number of rotatable bonds is 4. The Morgan fingerprint density at radius 2 is 2.17 bits per heavy atom. The third-order valence-electron chi connectivity index (χ3n) is 2.59. The second-order valence-corrected chi connectivity index (χ2v) is 3.94. The number of carbonyl (C=O) groups is 1. The lowest BCUT2D eigenvalue weighted by Crippen LogP contribution is -2.05. The topological polar surface area (TPSA) is 55.1 Å². The quantitative estimate of drug-likeness (QED) is 0.905. The minimum Gasteiger partial charge on any atom is -0.476 e. The number of halogens is 1. The fourth-order valence-electron chi connectivity index (χ4n) is 1.79. The van der Waals surface area contributed by atoms with Gasteiger partial charge in [-0.25, -0.2) is 13.9 Å². The van der Waals surface area contributed by atoms with Gasteiger partial charge in [0.1, 0.15) is 11.5 Å². The van der Waals surface area contributed by atoms with E-state index >= 15 is 0 Å². The largest absolute Gasteiger partial charge is 0.476 e. The van der Waals surface area contributed by atoms with Crippen molar-refractivity contribution in [2.45, 2.75) is 19.8 Å². The molecule has 0 saturated heterocycles. The van der Waals surface area contributed by atoms with Gasteiger partial charge in [0.25, 0.3) is 0 Å². The van der Waals surface area contributed by atoms with Gasteiger partial charge in [0.15, 0.2) is 5.69 Å². The molecule has 0 aliphatic carbocycles. The normalized spacial score (nSPS) is 10.6. The van der Waals surface area contributed by atoms with Crippen molar-refractivity contribution in [3.05, 3.63) is 47.5 Å². The number of aryl methyl sites for hydroxylation is 1. The van der Waals surface area contributed by atoms with Crippen LogP contribution < -0.4 is 0 Å². The number of aromatic carboxylic acids is 1. The molecular weight excluding hydrogens is 235 g/mol. The first-order valence-electron chi connectivity index (χ1n) is 5.70. The predicted molar refractivity (Wildman–Crippen MR) is 64.5 cm³/mol. The van der Waals surface area contributed by atoms with Crippen molar-refractivity contribution < 1.29 is 14.3 Å². The van der Waals surface area contributed by atoms with Crippen LogP contribution in [0.15, 0.2) is 30.3 Å². The van der Waals surface area contributed by atoms with E-state index < -0.39 is 11.8 Å². The van der Waals surface area contributed by atoms with E-state index in [0.29, 0.717) is 12.1 Å². The lowest BCUT2D eigenvalue weighted by molar-refractivity contribution is 0.0690. The Morgan fingerprint density at radius 1 is 1.44 bits per heavy atom. The summed E-state index contributed by atoms with van der Waals surface area (Å²) in [6, 6.07) is 7.66. The molecule has 94 valence electrons. The highest BCUT2D eigenvalue weighted by Gasteiger charge is 2.15. The van der Waals surface area contributed by atoms with Gasteiger partial charge < -0.3 is 5.11 Å². The van der Waals surface area contributed by atoms with Crippen LogP contribution in [0.25, 0.3) is 5.69 Å². The second kappa shape index (κ2) is 5.00. The third-order valence-corrected chi connectivity index (χ3v) is 2.59. The number of nitrogens with zero attached hydrogens (tertiary/aromatic N) is 2. The molecule has 0 bridgehead atoms. The Kier molecular flexibility index (Phi) is 3.41. The van der Waals surface area contributed by atoms with E-state index in [9.17, 15) is 9.18 Å². The minimum absolute atomic E-state index is 0.0679. The van der Waals surface area contributed by atoms with Crippen molar-refractivity contribution in [3.63, 3.8) is 0 Å². The van der Waals surface area contributed by atoms with Gasteiger partial charge in [-0.3, -0.25) is 0 Å². The van der Waals surface area contributed by atoms with Gasteiger partial charge in [0, 0.05) is 5.69 Å². The van der Waals surface area contributed by atoms with Crippen LogP contribution in [0.1, 0.15) is 29.5 Å². The van der Waals surface area contributed by atoms with E-state index in [1.807, 2.05) is 6.92 Å². The Labute approximate surface area is 104 Å². The van der Waals surface area contributed by atoms with Gasteiger partial charge in [-0.05, 0) is 24.6 Å². The molecule has 0 amide bonds. The number of carboxylic acid groups (broad SMARTS) is 1. The highest BCUT2D eigenvalue weighted by molar-refractivity contribution is 5.85. The van der Waals surface area contributed by atoms with Crippen molar-refractivity contribution in [3.8, 4) is 5.69 Å². The van der Waals surface area contributed by atoms with E-state index in [1.165, 1.54) is 16.8 Å². The summed E-state index contributed by atoms with van der Waals surface area (Å²) in [6.45, 7) is 1.97. The zero-order valence-corrected chi connectivity index (χ0v) is 9.93. The van der Waals surface area contributed by atoms with Crippen LogP contribution >= 0.6 is 0 Å². The van der Waals surface area contributed by atoms with Gasteiger partial charge in [0.2, 0.25) is 0 Å². The number of hydrogen-bond acceptors (Lipinski definition) is 2. The number of aromatic nitrogens is 2. The van der Waals surface area contributed by atoms with E-state index in [1.54, 1.807) is 18.2 Å². The average molecular weight is 248 g/mol. The maximum atomic E-state index is 13.7. The van der Waals surface area contributed by atoms with Crippen LogP contribution in [0.3, 0.4) is 0 Å². The predicted octanol–water partition coefficient (Wildman–Crippen LogP) is 2.66. The number of para-hydroxylation sites is 1. The average Bonchev–Trinajstić information content (AvgIpc) is 2.74. The van der Waals surface area contributed by atoms with E-state index in [-0.39, 0.29) is 11.4 Å². The Bertz CT molecular complexity index is 578. The first-order chi connectivity index (χ1) is 8.63. The molecule has 5 heteroatoms. The Hall–Kier alpha value is -2.17. The van der Waals surface area contributed by atoms with Crippen LogP contribution in [0.2, 0.25) is 0 Å². The molecule has 0 fully saturated rings. The zero-order chi connectivity index (χ0) is 13.1. The van der Waals surface area contributed by atoms with Gasteiger partial charge in [0.05, 0.1) is 0 Å². The van der Waals surface area contributed by atoms with Crippen LogP contribution in [-0.2, 0) is 6.42 Å². The van der Waals surface area contributed by atoms with Crippen molar-refractivity contribution in [2.24, 2.45) is 0 Å². The minimum atomic E-state index is -1.11. The molecule has 0 spiro atoms. The summed E-state index contributed by atoms with van der Waals surface area (Å²) in [6.07, 6.45) is 1.48. The SMILES string of the molecule is CCCc1cc(C(=O)O)nn1-c1ccccc1F. The zero-order valence-electron chi connectivity index (χ0n) is 9.93. The van der Waals surface area contributed by atoms with Gasteiger partial charge >= 0.3 is 5.97 Å². The molecule has 0 radical (unpaired) electrons.